The number of benzene rings is 1. The van der Waals surface area contributed by atoms with Crippen LogP contribution in [0.25, 0.3) is 11.3 Å². The standard InChI is InChI=1S/C25H34ClF3N4O4S/c1-6-33-21(18-8-7-16(13-15(18)2)31-23(3,4)25(27,28)29)19(26)20(32-33)22(34)30-14-24(35)11-9-17(10-12-24)38(5,36)37/h7-8,13,17,31,35H,6,9-12,14H2,1-5H3,(H,30,34)/t17-,24+. The van der Waals surface area contributed by atoms with Gasteiger partial charge in [-0.15, -0.1) is 0 Å². The van der Waals surface area contributed by atoms with Crippen molar-refractivity contribution in [1.29, 1.82) is 0 Å². The molecule has 0 radical (unpaired) electrons. The number of hydrogen-bond donors (Lipinski definition) is 3. The lowest BCUT2D eigenvalue weighted by molar-refractivity contribution is -0.168. The van der Waals surface area contributed by atoms with Crippen molar-refractivity contribution in [1.82, 2.24) is 15.1 Å². The molecule has 0 aliphatic heterocycles. The summed E-state index contributed by atoms with van der Waals surface area (Å²) in [6, 6.07) is 4.72. The summed E-state index contributed by atoms with van der Waals surface area (Å²) >= 11 is 6.60. The highest BCUT2D eigenvalue weighted by molar-refractivity contribution is 7.91. The van der Waals surface area contributed by atoms with Crippen molar-refractivity contribution in [2.24, 2.45) is 0 Å². The summed E-state index contributed by atoms with van der Waals surface area (Å²) in [6.07, 6.45) is -2.18. The van der Waals surface area contributed by atoms with Crippen molar-refractivity contribution >= 4 is 33.0 Å². The summed E-state index contributed by atoms with van der Waals surface area (Å²) in [6.45, 7) is 5.94. The highest BCUT2D eigenvalue weighted by Gasteiger charge is 2.47. The van der Waals surface area contributed by atoms with E-state index in [0.717, 1.165) is 13.8 Å². The van der Waals surface area contributed by atoms with E-state index in [9.17, 15) is 31.5 Å². The van der Waals surface area contributed by atoms with Gasteiger partial charge in [0.2, 0.25) is 0 Å². The van der Waals surface area contributed by atoms with Gasteiger partial charge in [-0.25, -0.2) is 8.42 Å². The van der Waals surface area contributed by atoms with Crippen molar-refractivity contribution in [3.63, 3.8) is 0 Å². The fourth-order valence-electron chi connectivity index (χ4n) is 4.57. The molecule has 0 spiro atoms. The van der Waals surface area contributed by atoms with E-state index in [2.05, 4.69) is 15.7 Å². The van der Waals surface area contributed by atoms with Gasteiger partial charge in [0.05, 0.1) is 21.6 Å². The molecule has 38 heavy (non-hydrogen) atoms. The maximum Gasteiger partial charge on any atom is 0.410 e. The molecule has 0 bridgehead atoms. The van der Waals surface area contributed by atoms with Crippen molar-refractivity contribution < 1.29 is 31.5 Å². The highest BCUT2D eigenvalue weighted by Crippen LogP contribution is 2.37. The van der Waals surface area contributed by atoms with Crippen molar-refractivity contribution in [3.05, 3.63) is 34.5 Å². The average Bonchev–Trinajstić information content (AvgIpc) is 3.12. The smallest absolute Gasteiger partial charge is 0.388 e. The molecule has 1 heterocycles. The molecule has 1 aliphatic rings. The number of amides is 1. The fourth-order valence-corrected chi connectivity index (χ4v) is 5.99. The summed E-state index contributed by atoms with van der Waals surface area (Å²) in [5.74, 6) is -0.593. The number of sulfone groups is 1. The molecule has 212 valence electrons. The minimum atomic E-state index is -4.45. The molecule has 13 heteroatoms. The number of carbonyl (C=O) groups is 1. The van der Waals surface area contributed by atoms with E-state index in [1.807, 2.05) is 6.92 Å². The predicted molar refractivity (Wildman–Crippen MR) is 141 cm³/mol. The number of nitrogens with one attached hydrogen (secondary N) is 2. The third-order valence-corrected chi connectivity index (χ3v) is 9.14. The summed E-state index contributed by atoms with van der Waals surface area (Å²) in [7, 11) is -3.19. The highest BCUT2D eigenvalue weighted by atomic mass is 35.5. The first kappa shape index (κ1) is 30.2. The van der Waals surface area contributed by atoms with Crippen LogP contribution in [0.3, 0.4) is 0 Å². The Hall–Kier alpha value is -2.31. The van der Waals surface area contributed by atoms with Gasteiger partial charge in [0.1, 0.15) is 15.4 Å². The Morgan fingerprint density at radius 1 is 1.26 bits per heavy atom. The number of aliphatic hydroxyl groups is 1. The first-order valence-electron chi connectivity index (χ1n) is 12.3. The Kier molecular flexibility index (Phi) is 8.51. The number of carbonyl (C=O) groups excluding carboxylic acids is 1. The van der Waals surface area contributed by atoms with Crippen LogP contribution in [0.4, 0.5) is 18.9 Å². The molecular formula is C25H34ClF3N4O4S. The lowest BCUT2D eigenvalue weighted by Gasteiger charge is -2.35. The monoisotopic (exact) mass is 578 g/mol. The Balaban J connectivity index is 1.79. The van der Waals surface area contributed by atoms with Gasteiger partial charge in [-0.1, -0.05) is 17.7 Å². The molecule has 0 unspecified atom stereocenters. The molecule has 1 aromatic heterocycles. The molecule has 1 aliphatic carbocycles. The van der Waals surface area contributed by atoms with Crippen LogP contribution < -0.4 is 10.6 Å². The Labute approximate surface area is 225 Å². The van der Waals surface area contributed by atoms with E-state index in [1.165, 1.54) is 12.3 Å². The second-order valence-corrected chi connectivity index (χ2v) is 13.2. The zero-order valence-electron chi connectivity index (χ0n) is 22.0. The van der Waals surface area contributed by atoms with Crippen LogP contribution in [0.5, 0.6) is 0 Å². The van der Waals surface area contributed by atoms with E-state index < -0.39 is 38.3 Å². The number of alkyl halides is 3. The molecular weight excluding hydrogens is 545 g/mol. The Morgan fingerprint density at radius 3 is 2.37 bits per heavy atom. The zero-order valence-corrected chi connectivity index (χ0v) is 23.6. The van der Waals surface area contributed by atoms with Crippen molar-refractivity contribution in [2.45, 2.75) is 82.5 Å². The number of anilines is 1. The van der Waals surface area contributed by atoms with Gasteiger partial charge in [0.15, 0.2) is 5.69 Å². The quantitative estimate of drug-likeness (QED) is 0.417. The van der Waals surface area contributed by atoms with Crippen LogP contribution in [0.1, 0.15) is 62.5 Å². The van der Waals surface area contributed by atoms with Gasteiger partial charge in [0, 0.05) is 30.6 Å². The average molecular weight is 579 g/mol. The molecule has 3 rings (SSSR count). The lowest BCUT2D eigenvalue weighted by Crippen LogP contribution is -2.47. The number of nitrogens with zero attached hydrogens (tertiary/aromatic N) is 2. The summed E-state index contributed by atoms with van der Waals surface area (Å²) in [5.41, 5.74) is -1.44. The molecule has 2 aromatic rings. The molecule has 1 fully saturated rings. The minimum absolute atomic E-state index is 0.0447. The van der Waals surface area contributed by atoms with Gasteiger partial charge in [-0.05, 0) is 71.1 Å². The van der Waals surface area contributed by atoms with Crippen LogP contribution in [0.2, 0.25) is 5.02 Å². The van der Waals surface area contributed by atoms with Gasteiger partial charge in [-0.3, -0.25) is 9.48 Å². The van der Waals surface area contributed by atoms with Gasteiger partial charge in [0.25, 0.3) is 5.91 Å². The molecule has 3 N–H and O–H groups in total. The first-order chi connectivity index (χ1) is 17.4. The van der Waals surface area contributed by atoms with Crippen LogP contribution in [-0.4, -0.2) is 64.6 Å². The number of aromatic nitrogens is 2. The van der Waals surface area contributed by atoms with E-state index >= 15 is 0 Å². The molecule has 1 amide bonds. The summed E-state index contributed by atoms with van der Waals surface area (Å²) in [4.78, 5) is 13.0. The maximum atomic E-state index is 13.3. The van der Waals surface area contributed by atoms with Crippen molar-refractivity contribution in [3.8, 4) is 11.3 Å². The summed E-state index contributed by atoms with van der Waals surface area (Å²) < 4.78 is 65.0. The second kappa shape index (κ2) is 10.7. The third kappa shape index (κ3) is 6.45. The SMILES string of the molecule is CCn1nc(C(=O)NC[C@]2(O)CC[C@@H](S(C)(=O)=O)CC2)c(Cl)c1-c1ccc(NC(C)(C)C(F)(F)F)cc1C. The number of aryl methyl sites for hydroxylation is 2. The van der Waals surface area contributed by atoms with Crippen LogP contribution in [0.15, 0.2) is 18.2 Å². The predicted octanol–water partition coefficient (Wildman–Crippen LogP) is 4.73. The lowest BCUT2D eigenvalue weighted by atomic mass is 9.84. The fraction of sp³-hybridized carbons (Fsp3) is 0.600. The largest absolute Gasteiger partial charge is 0.410 e. The zero-order chi connectivity index (χ0) is 28.7. The molecule has 8 nitrogen and oxygen atoms in total. The number of rotatable bonds is 8. The van der Waals surface area contributed by atoms with Gasteiger partial charge in [-0.2, -0.15) is 18.3 Å². The Morgan fingerprint density at radius 2 is 1.87 bits per heavy atom. The molecule has 0 saturated heterocycles. The maximum absolute atomic E-state index is 13.3. The van der Waals surface area contributed by atoms with E-state index in [1.54, 1.807) is 23.7 Å². The molecule has 1 aromatic carbocycles. The van der Waals surface area contributed by atoms with Gasteiger partial charge >= 0.3 is 6.18 Å². The topological polar surface area (TPSA) is 113 Å². The van der Waals surface area contributed by atoms with E-state index in [0.29, 0.717) is 36.2 Å². The third-order valence-electron chi connectivity index (χ3n) is 7.10. The first-order valence-corrected chi connectivity index (χ1v) is 14.6. The van der Waals surface area contributed by atoms with Crippen LogP contribution >= 0.6 is 11.6 Å². The van der Waals surface area contributed by atoms with Gasteiger partial charge < -0.3 is 15.7 Å². The van der Waals surface area contributed by atoms with E-state index in [4.69, 9.17) is 11.6 Å². The molecule has 0 atom stereocenters. The van der Waals surface area contributed by atoms with E-state index in [-0.39, 0.29) is 35.8 Å². The normalized spacial score (nSPS) is 20.8. The molecule has 1 saturated carbocycles. The summed E-state index contributed by atoms with van der Waals surface area (Å²) in [5, 5.41) is 19.9. The number of hydrogen-bond acceptors (Lipinski definition) is 6. The Bertz CT molecular complexity index is 1300. The van der Waals surface area contributed by atoms with Crippen LogP contribution in [0, 0.1) is 6.92 Å². The van der Waals surface area contributed by atoms with Crippen molar-refractivity contribution in [2.75, 3.05) is 18.1 Å². The number of halogens is 4. The van der Waals surface area contributed by atoms with Crippen LogP contribution in [-0.2, 0) is 16.4 Å². The second-order valence-electron chi connectivity index (χ2n) is 10.5. The minimum Gasteiger partial charge on any atom is -0.388 e.